The molecule has 11 heteroatoms. The molecule has 31 heavy (non-hydrogen) atoms. The van der Waals surface area contributed by atoms with Crippen molar-refractivity contribution < 1.29 is 14.3 Å². The second kappa shape index (κ2) is 8.52. The Hall–Kier alpha value is -2.56. The van der Waals surface area contributed by atoms with Gasteiger partial charge in [-0.05, 0) is 41.3 Å². The third-order valence-corrected chi connectivity index (χ3v) is 6.65. The molecule has 0 bridgehead atoms. The van der Waals surface area contributed by atoms with Crippen molar-refractivity contribution in [3.05, 3.63) is 40.9 Å². The minimum absolute atomic E-state index is 0.181. The van der Waals surface area contributed by atoms with E-state index in [4.69, 9.17) is 21.1 Å². The standard InChI is InChI=1S/C20H24ClN7O3/c21-18-16(12-30-19(18)29)27-9-10-31-20(13-27)4-7-26(8-5-20)6-3-15-1-2-17(22-11-15)28-14-23-24-25-28/h1-2,11,14H,3-10,12-13H2. The van der Waals surface area contributed by atoms with Crippen LogP contribution in [0, 0.1) is 0 Å². The van der Waals surface area contributed by atoms with Crippen LogP contribution in [-0.2, 0) is 20.7 Å². The van der Waals surface area contributed by atoms with Crippen LogP contribution < -0.4 is 0 Å². The predicted octanol–water partition coefficient (Wildman–Crippen LogP) is 0.774. The fourth-order valence-corrected chi connectivity index (χ4v) is 4.65. The third kappa shape index (κ3) is 4.28. The number of hydrogen-bond acceptors (Lipinski definition) is 9. The van der Waals surface area contributed by atoms with E-state index in [1.54, 1.807) is 0 Å². The maximum Gasteiger partial charge on any atom is 0.352 e. The summed E-state index contributed by atoms with van der Waals surface area (Å²) in [6, 6.07) is 4.00. The molecule has 3 aliphatic rings. The Morgan fingerprint density at radius 3 is 2.74 bits per heavy atom. The van der Waals surface area contributed by atoms with Crippen LogP contribution in [0.1, 0.15) is 18.4 Å². The lowest BCUT2D eigenvalue weighted by molar-refractivity contribution is -0.136. The molecular weight excluding hydrogens is 422 g/mol. The Morgan fingerprint density at radius 2 is 2.06 bits per heavy atom. The van der Waals surface area contributed by atoms with E-state index >= 15 is 0 Å². The van der Waals surface area contributed by atoms with Gasteiger partial charge in [-0.1, -0.05) is 17.7 Å². The van der Waals surface area contributed by atoms with E-state index in [0.717, 1.165) is 57.7 Å². The lowest BCUT2D eigenvalue weighted by Crippen LogP contribution is -2.56. The van der Waals surface area contributed by atoms with E-state index in [2.05, 4.69) is 36.4 Å². The van der Waals surface area contributed by atoms with Gasteiger partial charge >= 0.3 is 5.97 Å². The number of carbonyl (C=O) groups excluding carboxylic acids is 1. The Kier molecular flexibility index (Phi) is 5.59. The van der Waals surface area contributed by atoms with Gasteiger partial charge in [-0.15, -0.1) is 5.10 Å². The highest BCUT2D eigenvalue weighted by molar-refractivity contribution is 6.42. The number of rotatable bonds is 5. The van der Waals surface area contributed by atoms with Crippen molar-refractivity contribution in [3.63, 3.8) is 0 Å². The number of carbonyl (C=O) groups is 1. The summed E-state index contributed by atoms with van der Waals surface area (Å²) in [6.45, 7) is 5.33. The van der Waals surface area contributed by atoms with Crippen LogP contribution >= 0.6 is 11.6 Å². The van der Waals surface area contributed by atoms with Gasteiger partial charge in [0.05, 0.1) is 17.9 Å². The lowest BCUT2D eigenvalue weighted by atomic mass is 9.89. The first-order chi connectivity index (χ1) is 15.1. The van der Waals surface area contributed by atoms with Gasteiger partial charge < -0.3 is 19.3 Å². The number of ether oxygens (including phenoxy) is 2. The summed E-state index contributed by atoms with van der Waals surface area (Å²) >= 11 is 6.15. The molecule has 1 spiro atoms. The van der Waals surface area contributed by atoms with Crippen molar-refractivity contribution in [2.24, 2.45) is 0 Å². The van der Waals surface area contributed by atoms with E-state index in [1.165, 1.54) is 16.6 Å². The second-order valence-corrected chi connectivity index (χ2v) is 8.54. The number of aromatic nitrogens is 5. The van der Waals surface area contributed by atoms with E-state index in [9.17, 15) is 4.79 Å². The first kappa shape index (κ1) is 20.3. The number of morpholine rings is 1. The van der Waals surface area contributed by atoms with Gasteiger partial charge in [0.1, 0.15) is 18.0 Å². The van der Waals surface area contributed by atoms with Crippen LogP contribution in [0.3, 0.4) is 0 Å². The average Bonchev–Trinajstić information content (AvgIpc) is 3.45. The zero-order valence-electron chi connectivity index (χ0n) is 17.1. The Labute approximate surface area is 184 Å². The van der Waals surface area contributed by atoms with Gasteiger partial charge in [0.25, 0.3) is 0 Å². The zero-order valence-corrected chi connectivity index (χ0v) is 17.9. The summed E-state index contributed by atoms with van der Waals surface area (Å²) in [7, 11) is 0. The molecule has 2 fully saturated rings. The van der Waals surface area contributed by atoms with Crippen molar-refractivity contribution in [2.45, 2.75) is 24.9 Å². The molecular formula is C20H24ClN7O3. The number of piperidine rings is 1. The van der Waals surface area contributed by atoms with E-state index in [1.807, 2.05) is 12.3 Å². The molecule has 0 atom stereocenters. The number of tetrazole rings is 1. The maximum absolute atomic E-state index is 11.6. The largest absolute Gasteiger partial charge is 0.455 e. The molecule has 2 aromatic heterocycles. The topological polar surface area (TPSA) is 98.5 Å². The minimum Gasteiger partial charge on any atom is -0.455 e. The fraction of sp³-hybridized carbons (Fsp3) is 0.550. The van der Waals surface area contributed by atoms with Crippen molar-refractivity contribution in [1.82, 2.24) is 35.0 Å². The van der Waals surface area contributed by atoms with Crippen LogP contribution in [0.25, 0.3) is 5.82 Å². The van der Waals surface area contributed by atoms with Crippen LogP contribution in [0.5, 0.6) is 0 Å². The van der Waals surface area contributed by atoms with Crippen molar-refractivity contribution in [1.29, 1.82) is 0 Å². The molecule has 164 valence electrons. The quantitative estimate of drug-likeness (QED) is 0.618. The number of halogens is 1. The van der Waals surface area contributed by atoms with Crippen LogP contribution in [0.2, 0.25) is 0 Å². The number of likely N-dealkylation sites (tertiary alicyclic amines) is 1. The second-order valence-electron chi connectivity index (χ2n) is 8.16. The Bertz CT molecular complexity index is 956. The summed E-state index contributed by atoms with van der Waals surface area (Å²) in [4.78, 5) is 20.7. The molecule has 2 saturated heterocycles. The smallest absolute Gasteiger partial charge is 0.352 e. The molecule has 0 aliphatic carbocycles. The van der Waals surface area contributed by atoms with Gasteiger partial charge in [-0.2, -0.15) is 4.68 Å². The van der Waals surface area contributed by atoms with Crippen LogP contribution in [-0.4, -0.2) is 92.5 Å². The monoisotopic (exact) mass is 445 g/mol. The predicted molar refractivity (Wildman–Crippen MR) is 110 cm³/mol. The molecule has 0 aromatic carbocycles. The molecule has 5 heterocycles. The van der Waals surface area contributed by atoms with Crippen LogP contribution in [0.15, 0.2) is 35.4 Å². The van der Waals surface area contributed by atoms with E-state index in [-0.39, 0.29) is 17.2 Å². The number of hydrogen-bond donors (Lipinski definition) is 0. The summed E-state index contributed by atoms with van der Waals surface area (Å²) in [6.07, 6.45) is 6.26. The van der Waals surface area contributed by atoms with Gasteiger partial charge in [0, 0.05) is 38.9 Å². The minimum atomic E-state index is -0.424. The average molecular weight is 446 g/mol. The summed E-state index contributed by atoms with van der Waals surface area (Å²) in [5.41, 5.74) is 1.80. The number of esters is 1. The molecule has 0 amide bonds. The Morgan fingerprint density at radius 1 is 1.19 bits per heavy atom. The summed E-state index contributed by atoms with van der Waals surface area (Å²) in [5, 5.41) is 11.3. The van der Waals surface area contributed by atoms with Gasteiger partial charge in [-0.3, -0.25) is 0 Å². The highest BCUT2D eigenvalue weighted by Gasteiger charge is 2.41. The molecule has 3 aliphatic heterocycles. The molecule has 0 unspecified atom stereocenters. The van der Waals surface area contributed by atoms with Gasteiger partial charge in [0.2, 0.25) is 0 Å². The SMILES string of the molecule is O=C1OCC(N2CCOC3(CCN(CCc4ccc(-n5cnnn5)nc4)CC3)C2)=C1Cl. The lowest BCUT2D eigenvalue weighted by Gasteiger charge is -2.48. The highest BCUT2D eigenvalue weighted by Crippen LogP contribution is 2.33. The van der Waals surface area contributed by atoms with E-state index < -0.39 is 5.97 Å². The Balaban J connectivity index is 1.13. The molecule has 10 nitrogen and oxygen atoms in total. The first-order valence-electron chi connectivity index (χ1n) is 10.5. The molecule has 0 N–H and O–H groups in total. The van der Waals surface area contributed by atoms with Crippen molar-refractivity contribution in [2.75, 3.05) is 45.9 Å². The van der Waals surface area contributed by atoms with Crippen molar-refractivity contribution in [3.8, 4) is 5.82 Å². The van der Waals surface area contributed by atoms with Gasteiger partial charge in [0.15, 0.2) is 5.82 Å². The molecule has 5 rings (SSSR count). The maximum atomic E-state index is 11.6. The van der Waals surface area contributed by atoms with E-state index in [0.29, 0.717) is 12.4 Å². The first-order valence-corrected chi connectivity index (χ1v) is 10.9. The number of nitrogens with zero attached hydrogens (tertiary/aromatic N) is 7. The molecule has 0 radical (unpaired) electrons. The summed E-state index contributed by atoms with van der Waals surface area (Å²) < 4.78 is 12.8. The van der Waals surface area contributed by atoms with Crippen molar-refractivity contribution >= 4 is 17.6 Å². The summed E-state index contributed by atoms with van der Waals surface area (Å²) in [5.74, 6) is 0.282. The number of cyclic esters (lactones) is 1. The van der Waals surface area contributed by atoms with Gasteiger partial charge in [-0.25, -0.2) is 9.78 Å². The highest BCUT2D eigenvalue weighted by atomic mass is 35.5. The molecule has 0 saturated carbocycles. The number of pyridine rings is 1. The molecule has 2 aromatic rings. The third-order valence-electron chi connectivity index (χ3n) is 6.28. The fourth-order valence-electron chi connectivity index (χ4n) is 4.42. The van der Waals surface area contributed by atoms with Crippen LogP contribution in [0.4, 0.5) is 0 Å². The normalized spacial score (nSPS) is 21.7. The zero-order chi connectivity index (χ0) is 21.3.